The Labute approximate surface area is 109 Å². The summed E-state index contributed by atoms with van der Waals surface area (Å²) in [7, 11) is 0. The molecule has 2 N–H and O–H groups in total. The van der Waals surface area contributed by atoms with Crippen LogP contribution in [0, 0.1) is 0 Å². The number of piperidine rings is 1. The molecule has 18 heavy (non-hydrogen) atoms. The van der Waals surface area contributed by atoms with Crippen LogP contribution in [0.5, 0.6) is 0 Å². The minimum Gasteiger partial charge on any atom is -0.444 e. The minimum absolute atomic E-state index is 0.160. The summed E-state index contributed by atoms with van der Waals surface area (Å²) >= 11 is 0. The molecule has 5 heteroatoms. The number of alkyl carbamates (subject to hydrolysis) is 1. The maximum absolute atomic E-state index is 11.7. The topological polar surface area (TPSA) is 61.8 Å². The first-order valence-electron chi connectivity index (χ1n) is 6.73. The molecule has 1 aliphatic heterocycles. The van der Waals surface area contributed by atoms with E-state index in [0.717, 1.165) is 38.9 Å². The van der Waals surface area contributed by atoms with Gasteiger partial charge in [-0.2, -0.15) is 0 Å². The van der Waals surface area contributed by atoms with Crippen LogP contribution in [0.2, 0.25) is 0 Å². The third-order valence-corrected chi connectivity index (χ3v) is 2.86. The van der Waals surface area contributed by atoms with Gasteiger partial charge in [0.1, 0.15) is 5.60 Å². The van der Waals surface area contributed by atoms with Crippen LogP contribution in [0.25, 0.3) is 0 Å². The Morgan fingerprint density at radius 1 is 1.50 bits per heavy atom. The summed E-state index contributed by atoms with van der Waals surface area (Å²) in [6.07, 6.45) is 2.52. The van der Waals surface area contributed by atoms with E-state index >= 15 is 0 Å². The average Bonchev–Trinajstić information content (AvgIpc) is 2.24. The van der Waals surface area contributed by atoms with Gasteiger partial charge in [0.05, 0.1) is 0 Å². The van der Waals surface area contributed by atoms with Gasteiger partial charge in [-0.05, 0) is 46.6 Å². The van der Waals surface area contributed by atoms with E-state index in [2.05, 4.69) is 10.2 Å². The van der Waals surface area contributed by atoms with Crippen LogP contribution in [0.15, 0.2) is 0 Å². The standard InChI is InChI=1S/C13H26N2O3/c1-13(2,3)18-12(17)14-11-6-4-7-15(10-11)8-5-9-16/h11,16H,4-10H2,1-3H3,(H,14,17). The van der Waals surface area contributed by atoms with Crippen molar-refractivity contribution in [1.82, 2.24) is 10.2 Å². The number of aliphatic hydroxyl groups excluding tert-OH is 1. The predicted molar refractivity (Wildman–Crippen MR) is 70.5 cm³/mol. The lowest BCUT2D eigenvalue weighted by molar-refractivity contribution is 0.0470. The number of hydrogen-bond acceptors (Lipinski definition) is 4. The Bertz CT molecular complexity index is 263. The van der Waals surface area contributed by atoms with E-state index in [1.54, 1.807) is 0 Å². The highest BCUT2D eigenvalue weighted by atomic mass is 16.6. The summed E-state index contributed by atoms with van der Waals surface area (Å²) in [5.41, 5.74) is -0.449. The first kappa shape index (κ1) is 15.2. The largest absolute Gasteiger partial charge is 0.444 e. The van der Waals surface area contributed by atoms with Crippen LogP contribution in [-0.2, 0) is 4.74 Å². The fraction of sp³-hybridized carbons (Fsp3) is 0.923. The highest BCUT2D eigenvalue weighted by Gasteiger charge is 2.23. The van der Waals surface area contributed by atoms with E-state index in [1.165, 1.54) is 0 Å². The Morgan fingerprint density at radius 3 is 2.83 bits per heavy atom. The molecular formula is C13H26N2O3. The van der Waals surface area contributed by atoms with Crippen molar-refractivity contribution in [3.63, 3.8) is 0 Å². The van der Waals surface area contributed by atoms with E-state index in [1.807, 2.05) is 20.8 Å². The maximum Gasteiger partial charge on any atom is 0.407 e. The Morgan fingerprint density at radius 2 is 2.22 bits per heavy atom. The summed E-state index contributed by atoms with van der Waals surface area (Å²) in [6.45, 7) is 8.60. The number of hydrogen-bond donors (Lipinski definition) is 2. The molecule has 1 atom stereocenters. The van der Waals surface area contributed by atoms with Gasteiger partial charge in [-0.15, -0.1) is 0 Å². The van der Waals surface area contributed by atoms with Crippen molar-refractivity contribution in [2.75, 3.05) is 26.2 Å². The van der Waals surface area contributed by atoms with Gasteiger partial charge in [0.2, 0.25) is 0 Å². The molecule has 0 saturated carbocycles. The molecule has 0 aromatic carbocycles. The van der Waals surface area contributed by atoms with Crippen LogP contribution in [0.4, 0.5) is 4.79 Å². The SMILES string of the molecule is CC(C)(C)OC(=O)NC1CCCN(CCCO)C1. The van der Waals surface area contributed by atoms with Gasteiger partial charge in [0.15, 0.2) is 0 Å². The van der Waals surface area contributed by atoms with Gasteiger partial charge < -0.3 is 20.1 Å². The minimum atomic E-state index is -0.449. The third-order valence-electron chi connectivity index (χ3n) is 2.86. The number of amides is 1. The molecule has 0 aromatic heterocycles. The highest BCUT2D eigenvalue weighted by Crippen LogP contribution is 2.12. The molecule has 0 aliphatic carbocycles. The molecule has 0 spiro atoms. The summed E-state index contributed by atoms with van der Waals surface area (Å²) < 4.78 is 5.25. The molecule has 1 heterocycles. The fourth-order valence-electron chi connectivity index (χ4n) is 2.14. The summed E-state index contributed by atoms with van der Waals surface area (Å²) in [5.74, 6) is 0. The molecule has 1 unspecified atom stereocenters. The zero-order valence-electron chi connectivity index (χ0n) is 11.7. The molecule has 1 fully saturated rings. The van der Waals surface area contributed by atoms with Crippen molar-refractivity contribution >= 4 is 6.09 Å². The normalized spacial score (nSPS) is 21.7. The van der Waals surface area contributed by atoms with Crippen molar-refractivity contribution in [3.8, 4) is 0 Å². The zero-order chi connectivity index (χ0) is 13.6. The molecule has 1 saturated heterocycles. The molecule has 1 aliphatic rings. The number of likely N-dealkylation sites (tertiary alicyclic amines) is 1. The number of nitrogens with one attached hydrogen (secondary N) is 1. The molecule has 0 bridgehead atoms. The molecule has 1 rings (SSSR count). The molecular weight excluding hydrogens is 232 g/mol. The number of ether oxygens (including phenoxy) is 1. The Kier molecular flexibility index (Phi) is 5.88. The first-order chi connectivity index (χ1) is 8.40. The molecule has 106 valence electrons. The van der Waals surface area contributed by atoms with Crippen LogP contribution in [0.1, 0.15) is 40.0 Å². The second-order valence-corrected chi connectivity index (χ2v) is 5.86. The lowest BCUT2D eigenvalue weighted by Gasteiger charge is -2.33. The number of carbonyl (C=O) groups is 1. The first-order valence-corrected chi connectivity index (χ1v) is 6.73. The monoisotopic (exact) mass is 258 g/mol. The van der Waals surface area contributed by atoms with Crippen molar-refractivity contribution in [3.05, 3.63) is 0 Å². The smallest absolute Gasteiger partial charge is 0.407 e. The molecule has 0 aromatic rings. The van der Waals surface area contributed by atoms with Crippen LogP contribution >= 0.6 is 0 Å². The van der Waals surface area contributed by atoms with Crippen molar-refractivity contribution < 1.29 is 14.6 Å². The van der Waals surface area contributed by atoms with E-state index in [9.17, 15) is 4.79 Å². The quantitative estimate of drug-likeness (QED) is 0.799. The molecule has 0 radical (unpaired) electrons. The van der Waals surface area contributed by atoms with Gasteiger partial charge in [-0.3, -0.25) is 0 Å². The summed E-state index contributed by atoms with van der Waals surface area (Å²) in [6, 6.07) is 0.160. The number of nitrogens with zero attached hydrogens (tertiary/aromatic N) is 1. The summed E-state index contributed by atoms with van der Waals surface area (Å²) in [5, 5.41) is 11.7. The second kappa shape index (κ2) is 6.95. The third kappa shape index (κ3) is 6.21. The van der Waals surface area contributed by atoms with E-state index < -0.39 is 5.60 Å². The van der Waals surface area contributed by atoms with Gasteiger partial charge in [0, 0.05) is 25.7 Å². The van der Waals surface area contributed by atoms with Crippen molar-refractivity contribution in [2.24, 2.45) is 0 Å². The Hall–Kier alpha value is -0.810. The van der Waals surface area contributed by atoms with Crippen LogP contribution in [0.3, 0.4) is 0 Å². The lowest BCUT2D eigenvalue weighted by Crippen LogP contribution is -2.49. The van der Waals surface area contributed by atoms with Crippen molar-refractivity contribution in [2.45, 2.75) is 51.7 Å². The van der Waals surface area contributed by atoms with Gasteiger partial charge >= 0.3 is 6.09 Å². The van der Waals surface area contributed by atoms with E-state index in [0.29, 0.717) is 0 Å². The number of aliphatic hydroxyl groups is 1. The van der Waals surface area contributed by atoms with Crippen LogP contribution in [-0.4, -0.2) is 54.0 Å². The Balaban J connectivity index is 2.31. The average molecular weight is 258 g/mol. The maximum atomic E-state index is 11.7. The zero-order valence-corrected chi connectivity index (χ0v) is 11.7. The van der Waals surface area contributed by atoms with E-state index in [4.69, 9.17) is 9.84 Å². The fourth-order valence-corrected chi connectivity index (χ4v) is 2.14. The van der Waals surface area contributed by atoms with Crippen molar-refractivity contribution in [1.29, 1.82) is 0 Å². The predicted octanol–water partition coefficient (Wildman–Crippen LogP) is 1.36. The van der Waals surface area contributed by atoms with Gasteiger partial charge in [-0.1, -0.05) is 0 Å². The number of carbonyl (C=O) groups excluding carboxylic acids is 1. The lowest BCUT2D eigenvalue weighted by atomic mass is 10.1. The van der Waals surface area contributed by atoms with Crippen LogP contribution < -0.4 is 5.32 Å². The summed E-state index contributed by atoms with van der Waals surface area (Å²) in [4.78, 5) is 13.9. The highest BCUT2D eigenvalue weighted by molar-refractivity contribution is 5.68. The number of rotatable bonds is 4. The second-order valence-electron chi connectivity index (χ2n) is 5.86. The van der Waals surface area contributed by atoms with E-state index in [-0.39, 0.29) is 18.7 Å². The molecule has 1 amide bonds. The molecule has 5 nitrogen and oxygen atoms in total. The van der Waals surface area contributed by atoms with Gasteiger partial charge in [-0.25, -0.2) is 4.79 Å². The van der Waals surface area contributed by atoms with Gasteiger partial charge in [0.25, 0.3) is 0 Å².